The molecule has 2 rings (SSSR count). The number of hydrogen-bond acceptors (Lipinski definition) is 3. The Morgan fingerprint density at radius 2 is 1.65 bits per heavy atom. The van der Waals surface area contributed by atoms with Crippen molar-refractivity contribution in [1.29, 1.82) is 0 Å². The van der Waals surface area contributed by atoms with Crippen molar-refractivity contribution in [3.63, 3.8) is 0 Å². The quantitative estimate of drug-likeness (QED) is 0.934. The van der Waals surface area contributed by atoms with Crippen molar-refractivity contribution in [2.75, 3.05) is 14.2 Å². The van der Waals surface area contributed by atoms with Crippen LogP contribution in [0.4, 0.5) is 0 Å². The second-order valence-electron chi connectivity index (χ2n) is 4.56. The first kappa shape index (κ1) is 14.7. The molecule has 2 aromatic carbocycles. The van der Waals surface area contributed by atoms with E-state index in [9.17, 15) is 0 Å². The lowest BCUT2D eigenvalue weighted by atomic mass is 9.97. The molecule has 20 heavy (non-hydrogen) atoms. The number of ether oxygens (including phenoxy) is 2. The van der Waals surface area contributed by atoms with Gasteiger partial charge in [-0.1, -0.05) is 29.8 Å². The van der Waals surface area contributed by atoms with Gasteiger partial charge in [0.05, 0.1) is 25.8 Å². The van der Waals surface area contributed by atoms with Gasteiger partial charge in [-0.25, -0.2) is 0 Å². The molecule has 0 heterocycles. The highest BCUT2D eigenvalue weighted by Gasteiger charge is 2.19. The molecule has 2 aromatic rings. The highest BCUT2D eigenvalue weighted by atomic mass is 35.5. The molecule has 0 radical (unpaired) electrons. The molecular formula is C16H18ClNO2. The summed E-state index contributed by atoms with van der Waals surface area (Å²) in [6.45, 7) is 1.96. The molecule has 4 heteroatoms. The van der Waals surface area contributed by atoms with Gasteiger partial charge in [-0.3, -0.25) is 0 Å². The van der Waals surface area contributed by atoms with Crippen LogP contribution in [0.2, 0.25) is 5.02 Å². The zero-order valence-corrected chi connectivity index (χ0v) is 12.6. The van der Waals surface area contributed by atoms with Crippen LogP contribution in [0.1, 0.15) is 22.7 Å². The van der Waals surface area contributed by atoms with Gasteiger partial charge >= 0.3 is 0 Å². The number of halogens is 1. The van der Waals surface area contributed by atoms with Gasteiger partial charge in [0.25, 0.3) is 0 Å². The van der Waals surface area contributed by atoms with Crippen LogP contribution < -0.4 is 15.2 Å². The first-order chi connectivity index (χ1) is 9.58. The van der Waals surface area contributed by atoms with Gasteiger partial charge in [-0.2, -0.15) is 0 Å². The summed E-state index contributed by atoms with van der Waals surface area (Å²) in [5, 5.41) is 0.701. The summed E-state index contributed by atoms with van der Waals surface area (Å²) in [5.41, 5.74) is 9.13. The van der Waals surface area contributed by atoms with Crippen molar-refractivity contribution in [1.82, 2.24) is 0 Å². The number of hydrogen-bond donors (Lipinski definition) is 1. The van der Waals surface area contributed by atoms with E-state index in [1.54, 1.807) is 14.2 Å². The second kappa shape index (κ2) is 6.16. The fraction of sp³-hybridized carbons (Fsp3) is 0.250. The zero-order valence-electron chi connectivity index (χ0n) is 11.8. The fourth-order valence-corrected chi connectivity index (χ4v) is 2.34. The van der Waals surface area contributed by atoms with Gasteiger partial charge in [-0.15, -0.1) is 0 Å². The summed E-state index contributed by atoms with van der Waals surface area (Å²) in [7, 11) is 3.24. The predicted octanol–water partition coefficient (Wildman–Crippen LogP) is 3.71. The number of methoxy groups -OCH3 is 2. The fourth-order valence-electron chi connectivity index (χ4n) is 2.16. The minimum atomic E-state index is -0.362. The Balaban J connectivity index is 2.51. The first-order valence-electron chi connectivity index (χ1n) is 6.31. The van der Waals surface area contributed by atoms with Crippen molar-refractivity contribution in [2.24, 2.45) is 5.73 Å². The predicted molar refractivity (Wildman–Crippen MR) is 81.8 cm³/mol. The standard InChI is InChI=1S/C16H18ClNO2/c1-10-7-8-11(9-12(10)17)16(18)15-13(19-2)5-4-6-14(15)20-3/h4-9,16H,18H2,1-3H3. The maximum atomic E-state index is 6.37. The highest BCUT2D eigenvalue weighted by molar-refractivity contribution is 6.31. The number of aryl methyl sites for hydroxylation is 1. The van der Waals surface area contributed by atoms with Gasteiger partial charge in [0, 0.05) is 5.02 Å². The van der Waals surface area contributed by atoms with Crippen molar-refractivity contribution in [3.05, 3.63) is 58.1 Å². The third-order valence-corrected chi connectivity index (χ3v) is 3.74. The van der Waals surface area contributed by atoms with Gasteiger partial charge in [0.15, 0.2) is 0 Å². The van der Waals surface area contributed by atoms with Crippen molar-refractivity contribution < 1.29 is 9.47 Å². The topological polar surface area (TPSA) is 44.5 Å². The van der Waals surface area contributed by atoms with Crippen molar-refractivity contribution in [2.45, 2.75) is 13.0 Å². The maximum absolute atomic E-state index is 6.37. The van der Waals surface area contributed by atoms with Crippen LogP contribution in [0.3, 0.4) is 0 Å². The molecule has 0 aromatic heterocycles. The van der Waals surface area contributed by atoms with Gasteiger partial charge in [0.1, 0.15) is 11.5 Å². The minimum Gasteiger partial charge on any atom is -0.496 e. The molecule has 0 bridgehead atoms. The molecule has 106 valence electrons. The average Bonchev–Trinajstić information content (AvgIpc) is 2.48. The molecule has 1 atom stereocenters. The highest BCUT2D eigenvalue weighted by Crippen LogP contribution is 2.36. The lowest BCUT2D eigenvalue weighted by molar-refractivity contribution is 0.382. The van der Waals surface area contributed by atoms with Crippen LogP contribution in [-0.2, 0) is 0 Å². The normalized spacial score (nSPS) is 12.1. The minimum absolute atomic E-state index is 0.362. The number of nitrogens with two attached hydrogens (primary N) is 1. The first-order valence-corrected chi connectivity index (χ1v) is 6.68. The van der Waals surface area contributed by atoms with E-state index in [1.807, 2.05) is 43.3 Å². The smallest absolute Gasteiger partial charge is 0.127 e. The SMILES string of the molecule is COc1cccc(OC)c1C(N)c1ccc(C)c(Cl)c1. The molecule has 0 aliphatic heterocycles. The van der Waals surface area contributed by atoms with Crippen LogP contribution in [0.25, 0.3) is 0 Å². The Morgan fingerprint density at radius 3 is 2.15 bits per heavy atom. The molecule has 3 nitrogen and oxygen atoms in total. The second-order valence-corrected chi connectivity index (χ2v) is 4.97. The summed E-state index contributed by atoms with van der Waals surface area (Å²) >= 11 is 6.17. The summed E-state index contributed by atoms with van der Waals surface area (Å²) in [6, 6.07) is 11.1. The van der Waals surface area contributed by atoms with E-state index < -0.39 is 0 Å². The third kappa shape index (κ3) is 2.74. The van der Waals surface area contributed by atoms with Crippen LogP contribution in [0.5, 0.6) is 11.5 Å². The van der Waals surface area contributed by atoms with E-state index >= 15 is 0 Å². The Morgan fingerprint density at radius 1 is 1.05 bits per heavy atom. The van der Waals surface area contributed by atoms with E-state index in [-0.39, 0.29) is 6.04 Å². The van der Waals surface area contributed by atoms with E-state index in [0.717, 1.165) is 16.7 Å². The lowest BCUT2D eigenvalue weighted by Crippen LogP contribution is -2.14. The monoisotopic (exact) mass is 291 g/mol. The van der Waals surface area contributed by atoms with Gasteiger partial charge in [-0.05, 0) is 36.2 Å². The molecule has 0 spiro atoms. The molecule has 0 aliphatic carbocycles. The Labute approximate surface area is 124 Å². The molecule has 0 saturated heterocycles. The summed E-state index contributed by atoms with van der Waals surface area (Å²) < 4.78 is 10.8. The van der Waals surface area contributed by atoms with E-state index in [4.69, 9.17) is 26.8 Å². The molecule has 0 amide bonds. The molecule has 0 fully saturated rings. The summed E-state index contributed by atoms with van der Waals surface area (Å²) in [4.78, 5) is 0. The number of benzene rings is 2. The van der Waals surface area contributed by atoms with E-state index in [2.05, 4.69) is 0 Å². The Kier molecular flexibility index (Phi) is 4.53. The van der Waals surface area contributed by atoms with Crippen LogP contribution >= 0.6 is 11.6 Å². The van der Waals surface area contributed by atoms with E-state index in [0.29, 0.717) is 16.5 Å². The maximum Gasteiger partial charge on any atom is 0.127 e. The molecule has 2 N–H and O–H groups in total. The van der Waals surface area contributed by atoms with Crippen molar-refractivity contribution >= 4 is 11.6 Å². The largest absolute Gasteiger partial charge is 0.496 e. The van der Waals surface area contributed by atoms with E-state index in [1.165, 1.54) is 0 Å². The van der Waals surface area contributed by atoms with Crippen LogP contribution in [0, 0.1) is 6.92 Å². The van der Waals surface area contributed by atoms with Crippen LogP contribution in [0.15, 0.2) is 36.4 Å². The molecule has 0 aliphatic rings. The number of rotatable bonds is 4. The lowest BCUT2D eigenvalue weighted by Gasteiger charge is -2.19. The van der Waals surface area contributed by atoms with Gasteiger partial charge in [0.2, 0.25) is 0 Å². The zero-order chi connectivity index (χ0) is 14.7. The third-order valence-electron chi connectivity index (χ3n) is 3.33. The summed E-state index contributed by atoms with van der Waals surface area (Å²) in [6.07, 6.45) is 0. The summed E-state index contributed by atoms with van der Waals surface area (Å²) in [5.74, 6) is 1.40. The van der Waals surface area contributed by atoms with Gasteiger partial charge < -0.3 is 15.2 Å². The molecule has 0 saturated carbocycles. The average molecular weight is 292 g/mol. The van der Waals surface area contributed by atoms with Crippen molar-refractivity contribution in [3.8, 4) is 11.5 Å². The molecule has 1 unspecified atom stereocenters. The Hall–Kier alpha value is -1.71. The van der Waals surface area contributed by atoms with Crippen LogP contribution in [-0.4, -0.2) is 14.2 Å². The Bertz CT molecular complexity index is 591. The molecular weight excluding hydrogens is 274 g/mol.